The lowest BCUT2D eigenvalue weighted by atomic mass is 10.1. The first-order valence-corrected chi connectivity index (χ1v) is 8.84. The van der Waals surface area contributed by atoms with Gasteiger partial charge >= 0.3 is 6.09 Å². The summed E-state index contributed by atoms with van der Waals surface area (Å²) in [5, 5.41) is 2.51. The molecule has 0 aliphatic carbocycles. The fraction of sp³-hybridized carbons (Fsp3) is 0.350. The van der Waals surface area contributed by atoms with Crippen molar-refractivity contribution < 1.29 is 22.7 Å². The number of carbonyl (C=O) groups excluding carboxylic acids is 1. The Kier molecular flexibility index (Phi) is 6.21. The number of rotatable bonds is 6. The molecule has 1 atom stereocenters. The van der Waals surface area contributed by atoms with Crippen molar-refractivity contribution in [2.24, 2.45) is 0 Å². The largest absolute Gasteiger partial charge is 0.445 e. The highest BCUT2D eigenvalue weighted by atomic mass is 19.1. The highest BCUT2D eigenvalue weighted by molar-refractivity contribution is 5.67. The van der Waals surface area contributed by atoms with Crippen LogP contribution in [0.2, 0.25) is 0 Å². The molecule has 0 bridgehead atoms. The highest BCUT2D eigenvalue weighted by Gasteiger charge is 2.25. The third-order valence-corrected chi connectivity index (χ3v) is 4.46. The summed E-state index contributed by atoms with van der Waals surface area (Å²) >= 11 is 0. The van der Waals surface area contributed by atoms with E-state index in [1.807, 2.05) is 30.3 Å². The normalized spacial score (nSPS) is 16.4. The smallest absolute Gasteiger partial charge is 0.407 e. The number of anilines is 1. The number of nitrogens with zero attached hydrogens (tertiary/aromatic N) is 1. The molecular weight excluding hydrogens is 357 g/mol. The van der Waals surface area contributed by atoms with Crippen LogP contribution in [0, 0.1) is 11.6 Å². The molecule has 3 rings (SSSR count). The van der Waals surface area contributed by atoms with Gasteiger partial charge in [0.25, 0.3) is 0 Å². The number of amides is 1. The summed E-state index contributed by atoms with van der Waals surface area (Å²) in [6.45, 7) is 0.686. The van der Waals surface area contributed by atoms with Gasteiger partial charge in [-0.3, -0.25) is 0 Å². The summed E-state index contributed by atoms with van der Waals surface area (Å²) in [5.41, 5.74) is 1.08. The Hall–Kier alpha value is -2.70. The average Bonchev–Trinajstić information content (AvgIpc) is 3.09. The number of ether oxygens (including phenoxy) is 1. The molecule has 1 amide bonds. The summed E-state index contributed by atoms with van der Waals surface area (Å²) in [7, 11) is 0. The van der Waals surface area contributed by atoms with E-state index in [1.54, 1.807) is 0 Å². The molecule has 2 aromatic carbocycles. The van der Waals surface area contributed by atoms with Gasteiger partial charge in [-0.25, -0.2) is 18.0 Å². The van der Waals surface area contributed by atoms with E-state index in [1.165, 1.54) is 4.90 Å². The number of carbonyl (C=O) groups is 1. The number of alkyl halides is 1. The van der Waals surface area contributed by atoms with Crippen molar-refractivity contribution in [2.45, 2.75) is 25.6 Å². The number of benzene rings is 2. The monoisotopic (exact) mass is 378 g/mol. The van der Waals surface area contributed by atoms with E-state index < -0.39 is 23.9 Å². The van der Waals surface area contributed by atoms with Gasteiger partial charge < -0.3 is 15.0 Å². The van der Waals surface area contributed by atoms with Crippen LogP contribution in [0.1, 0.15) is 17.5 Å². The Morgan fingerprint density at radius 2 is 1.96 bits per heavy atom. The third kappa shape index (κ3) is 5.15. The third-order valence-electron chi connectivity index (χ3n) is 4.46. The molecule has 1 saturated heterocycles. The number of nitrogens with one attached hydrogen (secondary N) is 1. The molecule has 144 valence electrons. The molecular formula is C20H21F3N2O2. The lowest BCUT2D eigenvalue weighted by Crippen LogP contribution is -2.26. The Morgan fingerprint density at radius 1 is 1.19 bits per heavy atom. The molecule has 1 heterocycles. The van der Waals surface area contributed by atoms with Crippen LogP contribution >= 0.6 is 0 Å². The van der Waals surface area contributed by atoms with Crippen LogP contribution in [-0.4, -0.2) is 31.9 Å². The first kappa shape index (κ1) is 19.1. The van der Waals surface area contributed by atoms with Crippen molar-refractivity contribution in [1.29, 1.82) is 0 Å². The fourth-order valence-electron chi connectivity index (χ4n) is 3.02. The second kappa shape index (κ2) is 8.79. The SMILES string of the molecule is O=C(NCCc1cc(F)c(N2CCC(F)C2)cc1F)OCc1ccccc1. The maximum atomic E-state index is 14.3. The van der Waals surface area contributed by atoms with E-state index in [0.29, 0.717) is 13.0 Å². The number of hydrogen-bond acceptors (Lipinski definition) is 3. The quantitative estimate of drug-likeness (QED) is 0.827. The van der Waals surface area contributed by atoms with Crippen LogP contribution in [-0.2, 0) is 17.8 Å². The molecule has 1 aliphatic rings. The fourth-order valence-corrected chi connectivity index (χ4v) is 3.02. The summed E-state index contributed by atoms with van der Waals surface area (Å²) in [4.78, 5) is 13.2. The topological polar surface area (TPSA) is 41.6 Å². The van der Waals surface area contributed by atoms with E-state index in [2.05, 4.69) is 5.32 Å². The Labute approximate surface area is 155 Å². The predicted molar refractivity (Wildman–Crippen MR) is 96.4 cm³/mol. The van der Waals surface area contributed by atoms with Crippen molar-refractivity contribution in [2.75, 3.05) is 24.5 Å². The molecule has 1 N–H and O–H groups in total. The Balaban J connectivity index is 1.49. The van der Waals surface area contributed by atoms with Crippen LogP contribution in [0.25, 0.3) is 0 Å². The van der Waals surface area contributed by atoms with Gasteiger partial charge in [0.05, 0.1) is 5.69 Å². The molecule has 27 heavy (non-hydrogen) atoms. The zero-order valence-corrected chi connectivity index (χ0v) is 14.8. The van der Waals surface area contributed by atoms with Crippen LogP contribution in [0.15, 0.2) is 42.5 Å². The first-order valence-electron chi connectivity index (χ1n) is 8.84. The number of hydrogen-bond donors (Lipinski definition) is 1. The van der Waals surface area contributed by atoms with Crippen molar-refractivity contribution in [3.63, 3.8) is 0 Å². The first-order chi connectivity index (χ1) is 13.0. The van der Waals surface area contributed by atoms with E-state index >= 15 is 0 Å². The minimum absolute atomic E-state index is 0.0739. The summed E-state index contributed by atoms with van der Waals surface area (Å²) < 4.78 is 46.8. The number of halogens is 3. The maximum absolute atomic E-state index is 14.3. The van der Waals surface area contributed by atoms with Crippen molar-refractivity contribution in [1.82, 2.24) is 5.32 Å². The average molecular weight is 378 g/mol. The standard InChI is InChI=1S/C20H21F3N2O2/c21-16-7-9-25(12-16)19-11-17(22)15(10-18(19)23)6-8-24-20(26)27-13-14-4-2-1-3-5-14/h1-5,10-11,16H,6-9,12-13H2,(H,24,26). The van der Waals surface area contributed by atoms with Gasteiger partial charge in [-0.2, -0.15) is 0 Å². The van der Waals surface area contributed by atoms with E-state index in [9.17, 15) is 18.0 Å². The van der Waals surface area contributed by atoms with Gasteiger partial charge in [0, 0.05) is 25.7 Å². The van der Waals surface area contributed by atoms with Gasteiger partial charge in [0.2, 0.25) is 0 Å². The van der Waals surface area contributed by atoms with Gasteiger partial charge in [-0.1, -0.05) is 30.3 Å². The van der Waals surface area contributed by atoms with Gasteiger partial charge in [-0.15, -0.1) is 0 Å². The lowest BCUT2D eigenvalue weighted by Gasteiger charge is -2.19. The van der Waals surface area contributed by atoms with Crippen molar-refractivity contribution >= 4 is 11.8 Å². The molecule has 1 fully saturated rings. The second-order valence-electron chi connectivity index (χ2n) is 6.47. The zero-order chi connectivity index (χ0) is 19.2. The zero-order valence-electron chi connectivity index (χ0n) is 14.8. The maximum Gasteiger partial charge on any atom is 0.407 e. The summed E-state index contributed by atoms with van der Waals surface area (Å²) in [6.07, 6.45) is -1.20. The van der Waals surface area contributed by atoms with E-state index in [4.69, 9.17) is 4.74 Å². The van der Waals surface area contributed by atoms with Gasteiger partial charge in [0.1, 0.15) is 24.4 Å². The molecule has 2 aromatic rings. The van der Waals surface area contributed by atoms with Crippen LogP contribution in [0.4, 0.5) is 23.7 Å². The molecule has 7 heteroatoms. The molecule has 0 saturated carbocycles. The minimum Gasteiger partial charge on any atom is -0.445 e. The molecule has 1 unspecified atom stereocenters. The van der Waals surface area contributed by atoms with Crippen LogP contribution in [0.5, 0.6) is 0 Å². The van der Waals surface area contributed by atoms with Gasteiger partial charge in [-0.05, 0) is 30.0 Å². The number of alkyl carbamates (subject to hydrolysis) is 1. The molecule has 0 spiro atoms. The Bertz CT molecular complexity index is 786. The van der Waals surface area contributed by atoms with Crippen molar-refractivity contribution in [3.8, 4) is 0 Å². The van der Waals surface area contributed by atoms with Crippen LogP contribution < -0.4 is 10.2 Å². The predicted octanol–water partition coefficient (Wildman–Crippen LogP) is 3.98. The molecule has 0 radical (unpaired) electrons. The van der Waals surface area contributed by atoms with E-state index in [0.717, 1.165) is 17.7 Å². The van der Waals surface area contributed by atoms with Crippen molar-refractivity contribution in [3.05, 3.63) is 65.2 Å². The molecule has 4 nitrogen and oxygen atoms in total. The Morgan fingerprint density at radius 3 is 2.67 bits per heavy atom. The summed E-state index contributed by atoms with van der Waals surface area (Å²) in [6, 6.07) is 11.4. The lowest BCUT2D eigenvalue weighted by molar-refractivity contribution is 0.140. The van der Waals surface area contributed by atoms with E-state index in [-0.39, 0.29) is 37.4 Å². The summed E-state index contributed by atoms with van der Waals surface area (Å²) in [5.74, 6) is -1.17. The minimum atomic E-state index is -1.02. The molecule has 0 aromatic heterocycles. The van der Waals surface area contributed by atoms with Crippen LogP contribution in [0.3, 0.4) is 0 Å². The van der Waals surface area contributed by atoms with Gasteiger partial charge in [0.15, 0.2) is 0 Å². The second-order valence-corrected chi connectivity index (χ2v) is 6.47. The highest BCUT2D eigenvalue weighted by Crippen LogP contribution is 2.27. The molecule has 1 aliphatic heterocycles.